The molecule has 218 valence electrons. The van der Waals surface area contributed by atoms with Crippen molar-refractivity contribution in [2.45, 2.75) is 106 Å². The predicted octanol–water partition coefficient (Wildman–Crippen LogP) is 10.8. The summed E-state index contributed by atoms with van der Waals surface area (Å²) in [5.41, 5.74) is 14.3. The monoisotopic (exact) mass is 565 g/mol. The minimum absolute atomic E-state index is 0.0145. The Bertz CT molecular complexity index is 2220. The van der Waals surface area contributed by atoms with Crippen molar-refractivity contribution >= 4 is 70.7 Å². The van der Waals surface area contributed by atoms with E-state index in [2.05, 4.69) is 104 Å². The van der Waals surface area contributed by atoms with Gasteiger partial charge >= 0.3 is 0 Å². The van der Waals surface area contributed by atoms with Crippen molar-refractivity contribution in [1.29, 1.82) is 0 Å². The second-order valence-electron chi connectivity index (χ2n) is 14.9. The van der Waals surface area contributed by atoms with Gasteiger partial charge in [0.05, 0.1) is 27.6 Å². The lowest BCUT2D eigenvalue weighted by Crippen LogP contribution is -2.11. The zero-order valence-corrected chi connectivity index (χ0v) is 27.6. The molecular weight excluding hydrogens is 522 g/mol. The summed E-state index contributed by atoms with van der Waals surface area (Å²) in [7, 11) is 0. The standard InChI is InChI=1S/C40H43N3/c1-11-22-24-19-25-23(12-2)31(14-4)42-35-29-18-21(40(8,9)10)16-27-26-15-20(39(5,6)7)17-28-34(41-30(22)13-3)32(24)38(33(25)35)43(36(26)28)37(27)29/h15-19H,11-14H2,1-10H3. The lowest BCUT2D eigenvalue weighted by molar-refractivity contribution is 0.591. The van der Waals surface area contributed by atoms with Crippen LogP contribution in [0.5, 0.6) is 0 Å². The molecule has 3 aromatic carbocycles. The number of nitrogens with zero attached hydrogens (tertiary/aromatic N) is 3. The summed E-state index contributed by atoms with van der Waals surface area (Å²) in [4.78, 5) is 11.1. The van der Waals surface area contributed by atoms with Crippen molar-refractivity contribution in [2.75, 3.05) is 0 Å². The molecule has 0 aliphatic carbocycles. The zero-order chi connectivity index (χ0) is 30.3. The molecule has 0 amide bonds. The number of pyridine rings is 4. The average Bonchev–Trinajstić information content (AvgIpc) is 3.31. The van der Waals surface area contributed by atoms with Gasteiger partial charge in [-0.25, -0.2) is 0 Å². The highest BCUT2D eigenvalue weighted by molar-refractivity contribution is 6.37. The lowest BCUT2D eigenvalue weighted by Gasteiger charge is -2.25. The van der Waals surface area contributed by atoms with Gasteiger partial charge in [-0.1, -0.05) is 69.2 Å². The van der Waals surface area contributed by atoms with E-state index in [1.54, 1.807) is 0 Å². The Balaban J connectivity index is 1.83. The van der Waals surface area contributed by atoms with Gasteiger partial charge in [-0.3, -0.25) is 9.97 Å². The molecule has 0 aliphatic heterocycles. The first-order valence-corrected chi connectivity index (χ1v) is 16.4. The maximum absolute atomic E-state index is 5.56. The summed E-state index contributed by atoms with van der Waals surface area (Å²) in [6, 6.07) is 12.4. The van der Waals surface area contributed by atoms with Crippen molar-refractivity contribution in [3.05, 3.63) is 64.0 Å². The van der Waals surface area contributed by atoms with E-state index in [1.165, 1.54) is 93.3 Å². The van der Waals surface area contributed by atoms with Crippen molar-refractivity contribution in [3.63, 3.8) is 0 Å². The molecule has 0 bridgehead atoms. The number of fused-ring (bicyclic) bond motifs is 3. The molecule has 3 heteroatoms. The number of benzene rings is 3. The molecule has 0 N–H and O–H groups in total. The van der Waals surface area contributed by atoms with Gasteiger partial charge in [-0.15, -0.1) is 0 Å². The molecule has 0 saturated heterocycles. The molecule has 8 aromatic rings. The minimum atomic E-state index is 0.0145. The summed E-state index contributed by atoms with van der Waals surface area (Å²) >= 11 is 0. The Morgan fingerprint density at radius 3 is 1.23 bits per heavy atom. The molecular formula is C40H43N3. The zero-order valence-electron chi connectivity index (χ0n) is 27.6. The molecule has 0 radical (unpaired) electrons. The summed E-state index contributed by atoms with van der Waals surface area (Å²) in [6.07, 6.45) is 3.84. The topological polar surface area (TPSA) is 30.2 Å². The lowest BCUT2D eigenvalue weighted by atomic mass is 9.84. The first-order valence-electron chi connectivity index (χ1n) is 16.4. The number of hydrogen-bond donors (Lipinski definition) is 0. The minimum Gasteiger partial charge on any atom is -0.306 e. The number of rotatable bonds is 4. The second kappa shape index (κ2) is 8.46. The molecule has 0 spiro atoms. The summed E-state index contributed by atoms with van der Waals surface area (Å²) in [6.45, 7) is 23.1. The predicted molar refractivity (Wildman–Crippen MR) is 186 cm³/mol. The highest BCUT2D eigenvalue weighted by Crippen LogP contribution is 2.50. The van der Waals surface area contributed by atoms with Crippen molar-refractivity contribution in [1.82, 2.24) is 14.4 Å². The van der Waals surface area contributed by atoms with E-state index in [0.717, 1.165) is 36.7 Å². The summed E-state index contributed by atoms with van der Waals surface area (Å²) in [5, 5.41) is 10.7. The third-order valence-electron chi connectivity index (χ3n) is 10.4. The molecule has 43 heavy (non-hydrogen) atoms. The van der Waals surface area contributed by atoms with E-state index >= 15 is 0 Å². The fourth-order valence-electron chi connectivity index (χ4n) is 8.16. The maximum Gasteiger partial charge on any atom is 0.0826 e. The van der Waals surface area contributed by atoms with Gasteiger partial charge in [0, 0.05) is 43.7 Å². The van der Waals surface area contributed by atoms with E-state index in [9.17, 15) is 0 Å². The molecule has 5 aromatic heterocycles. The third-order valence-corrected chi connectivity index (χ3v) is 10.4. The van der Waals surface area contributed by atoms with Crippen LogP contribution in [0.3, 0.4) is 0 Å². The van der Waals surface area contributed by atoms with Crippen LogP contribution in [0.25, 0.3) is 70.7 Å². The Kier molecular flexibility index (Phi) is 5.29. The van der Waals surface area contributed by atoms with Crippen LogP contribution < -0.4 is 0 Å². The normalized spacial score (nSPS) is 13.7. The fraction of sp³-hybridized carbons (Fsp3) is 0.400. The highest BCUT2D eigenvalue weighted by atomic mass is 14.9. The highest BCUT2D eigenvalue weighted by Gasteiger charge is 2.30. The van der Waals surface area contributed by atoms with E-state index < -0.39 is 0 Å². The number of aryl methyl sites for hydroxylation is 4. The van der Waals surface area contributed by atoms with Crippen LogP contribution in [-0.2, 0) is 36.5 Å². The van der Waals surface area contributed by atoms with Crippen LogP contribution in [0.1, 0.15) is 103 Å². The van der Waals surface area contributed by atoms with E-state index in [4.69, 9.17) is 9.97 Å². The van der Waals surface area contributed by atoms with Crippen LogP contribution >= 0.6 is 0 Å². The van der Waals surface area contributed by atoms with Crippen molar-refractivity contribution < 1.29 is 0 Å². The van der Waals surface area contributed by atoms with Crippen molar-refractivity contribution in [2.24, 2.45) is 0 Å². The third kappa shape index (κ3) is 3.26. The molecule has 0 aliphatic rings. The van der Waals surface area contributed by atoms with Gasteiger partial charge in [0.2, 0.25) is 0 Å². The molecule has 5 heterocycles. The van der Waals surface area contributed by atoms with Gasteiger partial charge in [-0.2, -0.15) is 0 Å². The van der Waals surface area contributed by atoms with E-state index in [0.29, 0.717) is 0 Å². The Morgan fingerprint density at radius 2 is 0.884 bits per heavy atom. The molecule has 0 unspecified atom stereocenters. The summed E-state index contributed by atoms with van der Waals surface area (Å²) in [5.74, 6) is 0. The first-order chi connectivity index (χ1) is 20.4. The van der Waals surface area contributed by atoms with Crippen LogP contribution in [0, 0.1) is 0 Å². The van der Waals surface area contributed by atoms with E-state index in [1.807, 2.05) is 0 Å². The Labute approximate surface area is 254 Å². The van der Waals surface area contributed by atoms with Gasteiger partial charge < -0.3 is 4.40 Å². The smallest absolute Gasteiger partial charge is 0.0826 e. The second-order valence-corrected chi connectivity index (χ2v) is 14.9. The maximum atomic E-state index is 5.56. The van der Waals surface area contributed by atoms with E-state index in [-0.39, 0.29) is 10.8 Å². The SMILES string of the molecule is CCc1nc2c3cc(C(C)(C)C)cc4c5cc(C(C)(C)C)cc6c7nc(CC)c(CC)c8cc(c1CC)c2c(c87)n(c43)c56. The van der Waals surface area contributed by atoms with Gasteiger partial charge in [0.1, 0.15) is 0 Å². The van der Waals surface area contributed by atoms with Gasteiger partial charge in [-0.05, 0) is 99.9 Å². The van der Waals surface area contributed by atoms with Crippen LogP contribution in [0.15, 0.2) is 30.3 Å². The van der Waals surface area contributed by atoms with Gasteiger partial charge in [0.15, 0.2) is 0 Å². The quantitative estimate of drug-likeness (QED) is 0.157. The average molecular weight is 566 g/mol. The number of hydrogen-bond acceptors (Lipinski definition) is 2. The molecule has 3 nitrogen and oxygen atoms in total. The van der Waals surface area contributed by atoms with Crippen LogP contribution in [-0.4, -0.2) is 14.4 Å². The van der Waals surface area contributed by atoms with Crippen LogP contribution in [0.2, 0.25) is 0 Å². The molecule has 8 rings (SSSR count). The number of aromatic nitrogens is 3. The molecule has 0 atom stereocenters. The summed E-state index contributed by atoms with van der Waals surface area (Å²) < 4.78 is 2.64. The molecule has 0 fully saturated rings. The Morgan fingerprint density at radius 1 is 0.488 bits per heavy atom. The largest absolute Gasteiger partial charge is 0.306 e. The van der Waals surface area contributed by atoms with Gasteiger partial charge in [0.25, 0.3) is 0 Å². The Hall–Kier alpha value is -3.72. The molecule has 0 saturated carbocycles. The first kappa shape index (κ1) is 26.9. The van der Waals surface area contributed by atoms with Crippen LogP contribution in [0.4, 0.5) is 0 Å². The fourth-order valence-corrected chi connectivity index (χ4v) is 8.16. The van der Waals surface area contributed by atoms with Crippen molar-refractivity contribution in [3.8, 4) is 0 Å².